The Morgan fingerprint density at radius 3 is 2.65 bits per heavy atom. The second kappa shape index (κ2) is 5.41. The molecule has 0 bridgehead atoms. The molecule has 2 N–H and O–H groups in total. The molecule has 0 aromatic heterocycles. The van der Waals surface area contributed by atoms with Gasteiger partial charge in [-0.05, 0) is 43.9 Å². The zero-order chi connectivity index (χ0) is 12.3. The monoisotopic (exact) mass is 234 g/mol. The van der Waals surface area contributed by atoms with Gasteiger partial charge >= 0.3 is 0 Å². The Kier molecular flexibility index (Phi) is 3.89. The topological polar surface area (TPSA) is 33.3 Å². The van der Waals surface area contributed by atoms with Crippen molar-refractivity contribution in [2.75, 3.05) is 25.5 Å². The van der Waals surface area contributed by atoms with Crippen LogP contribution in [-0.2, 0) is 0 Å². The fraction of sp³-hybridized carbons (Fsp3) is 0.571. The van der Waals surface area contributed by atoms with Crippen LogP contribution in [-0.4, -0.2) is 26.2 Å². The molecule has 0 heterocycles. The van der Waals surface area contributed by atoms with Crippen LogP contribution in [0.2, 0.25) is 0 Å². The number of benzene rings is 1. The van der Waals surface area contributed by atoms with Gasteiger partial charge in [-0.1, -0.05) is 6.07 Å². The number of aryl methyl sites for hydroxylation is 2. The highest BCUT2D eigenvalue weighted by Crippen LogP contribution is 2.29. The van der Waals surface area contributed by atoms with Gasteiger partial charge in [0.1, 0.15) is 5.75 Å². The molecule has 0 unspecified atom stereocenters. The minimum Gasteiger partial charge on any atom is -0.494 e. The first-order chi connectivity index (χ1) is 8.20. The fourth-order valence-electron chi connectivity index (χ4n) is 2.12. The predicted octanol–water partition coefficient (Wildman–Crippen LogP) is 2.48. The molecule has 1 fully saturated rings. The van der Waals surface area contributed by atoms with Crippen molar-refractivity contribution in [3.8, 4) is 5.75 Å². The maximum atomic E-state index is 5.44. The van der Waals surface area contributed by atoms with E-state index in [9.17, 15) is 0 Å². The van der Waals surface area contributed by atoms with Crippen molar-refractivity contribution in [2.45, 2.75) is 32.7 Å². The molecule has 1 aliphatic carbocycles. The van der Waals surface area contributed by atoms with Crippen molar-refractivity contribution in [1.29, 1.82) is 0 Å². The Morgan fingerprint density at radius 1 is 1.24 bits per heavy atom. The molecule has 0 aliphatic heterocycles. The van der Waals surface area contributed by atoms with Gasteiger partial charge in [-0.25, -0.2) is 0 Å². The molecule has 0 saturated heterocycles. The molecule has 1 aromatic rings. The SMILES string of the molecule is COc1c(C)cc(C)cc1NCCNC1CC1. The zero-order valence-corrected chi connectivity index (χ0v) is 11.0. The Labute approximate surface area is 104 Å². The zero-order valence-electron chi connectivity index (χ0n) is 11.0. The van der Waals surface area contributed by atoms with Crippen LogP contribution in [0, 0.1) is 13.8 Å². The van der Waals surface area contributed by atoms with E-state index in [1.54, 1.807) is 7.11 Å². The minimum atomic E-state index is 0.776. The van der Waals surface area contributed by atoms with E-state index in [0.717, 1.165) is 30.6 Å². The van der Waals surface area contributed by atoms with Crippen LogP contribution in [0.1, 0.15) is 24.0 Å². The van der Waals surface area contributed by atoms with Gasteiger partial charge in [-0.2, -0.15) is 0 Å². The number of hydrogen-bond donors (Lipinski definition) is 2. The Hall–Kier alpha value is -1.22. The molecule has 0 atom stereocenters. The average Bonchev–Trinajstić information content (AvgIpc) is 3.07. The summed E-state index contributed by atoms with van der Waals surface area (Å²) in [7, 11) is 1.73. The predicted molar refractivity (Wildman–Crippen MR) is 72.0 cm³/mol. The van der Waals surface area contributed by atoms with E-state index in [4.69, 9.17) is 4.74 Å². The lowest BCUT2D eigenvalue weighted by molar-refractivity contribution is 0.413. The highest BCUT2D eigenvalue weighted by molar-refractivity contribution is 5.61. The first kappa shape index (κ1) is 12.2. The number of hydrogen-bond acceptors (Lipinski definition) is 3. The lowest BCUT2D eigenvalue weighted by Crippen LogP contribution is -2.24. The summed E-state index contributed by atoms with van der Waals surface area (Å²) < 4.78 is 5.44. The minimum absolute atomic E-state index is 0.776. The lowest BCUT2D eigenvalue weighted by atomic mass is 10.1. The van der Waals surface area contributed by atoms with E-state index in [1.165, 1.54) is 24.0 Å². The van der Waals surface area contributed by atoms with Crippen molar-refractivity contribution in [2.24, 2.45) is 0 Å². The van der Waals surface area contributed by atoms with Crippen molar-refractivity contribution >= 4 is 5.69 Å². The van der Waals surface area contributed by atoms with E-state index in [-0.39, 0.29) is 0 Å². The van der Waals surface area contributed by atoms with Crippen molar-refractivity contribution in [3.63, 3.8) is 0 Å². The Bertz CT molecular complexity index is 386. The summed E-state index contributed by atoms with van der Waals surface area (Å²) in [5.74, 6) is 0.960. The quantitative estimate of drug-likeness (QED) is 0.742. The van der Waals surface area contributed by atoms with Gasteiger partial charge < -0.3 is 15.4 Å². The normalized spacial score (nSPS) is 14.8. The molecular weight excluding hydrogens is 212 g/mol. The molecule has 1 saturated carbocycles. The number of anilines is 1. The largest absolute Gasteiger partial charge is 0.494 e. The van der Waals surface area contributed by atoms with Gasteiger partial charge in [0.25, 0.3) is 0 Å². The van der Waals surface area contributed by atoms with Crippen LogP contribution in [0.3, 0.4) is 0 Å². The van der Waals surface area contributed by atoms with E-state index in [0.29, 0.717) is 0 Å². The third kappa shape index (κ3) is 3.37. The molecule has 0 radical (unpaired) electrons. The average molecular weight is 234 g/mol. The molecule has 94 valence electrons. The van der Waals surface area contributed by atoms with Gasteiger partial charge in [0.2, 0.25) is 0 Å². The van der Waals surface area contributed by atoms with Crippen LogP contribution in [0.15, 0.2) is 12.1 Å². The number of nitrogens with one attached hydrogen (secondary N) is 2. The maximum absolute atomic E-state index is 5.44. The molecule has 3 nitrogen and oxygen atoms in total. The smallest absolute Gasteiger partial charge is 0.144 e. The van der Waals surface area contributed by atoms with Gasteiger partial charge in [0.15, 0.2) is 0 Å². The van der Waals surface area contributed by atoms with Crippen LogP contribution in [0.5, 0.6) is 5.75 Å². The van der Waals surface area contributed by atoms with Crippen molar-refractivity contribution in [3.05, 3.63) is 23.3 Å². The third-order valence-electron chi connectivity index (χ3n) is 3.07. The molecule has 1 aliphatic rings. The van der Waals surface area contributed by atoms with Gasteiger partial charge in [0.05, 0.1) is 12.8 Å². The lowest BCUT2D eigenvalue weighted by Gasteiger charge is -2.14. The molecule has 3 heteroatoms. The second-order valence-electron chi connectivity index (χ2n) is 4.82. The van der Waals surface area contributed by atoms with Crippen LogP contribution >= 0.6 is 0 Å². The summed E-state index contributed by atoms with van der Waals surface area (Å²) in [4.78, 5) is 0. The molecule has 17 heavy (non-hydrogen) atoms. The maximum Gasteiger partial charge on any atom is 0.144 e. The fourth-order valence-corrected chi connectivity index (χ4v) is 2.12. The summed E-state index contributed by atoms with van der Waals surface area (Å²) in [5, 5.41) is 6.93. The van der Waals surface area contributed by atoms with E-state index in [1.807, 2.05) is 0 Å². The first-order valence-electron chi connectivity index (χ1n) is 6.33. The summed E-state index contributed by atoms with van der Waals surface area (Å²) >= 11 is 0. The molecule has 1 aromatic carbocycles. The summed E-state index contributed by atoms with van der Waals surface area (Å²) in [6, 6.07) is 5.06. The van der Waals surface area contributed by atoms with Crippen molar-refractivity contribution in [1.82, 2.24) is 5.32 Å². The van der Waals surface area contributed by atoms with Gasteiger partial charge in [-0.3, -0.25) is 0 Å². The molecule has 0 amide bonds. The Balaban J connectivity index is 1.92. The number of methoxy groups -OCH3 is 1. The van der Waals surface area contributed by atoms with E-state index < -0.39 is 0 Å². The summed E-state index contributed by atoms with van der Waals surface area (Å²) in [6.07, 6.45) is 2.68. The standard InChI is InChI=1S/C14H22N2O/c1-10-8-11(2)14(17-3)13(9-10)16-7-6-15-12-4-5-12/h8-9,12,15-16H,4-7H2,1-3H3. The third-order valence-corrected chi connectivity index (χ3v) is 3.07. The van der Waals surface area contributed by atoms with Crippen LogP contribution in [0.4, 0.5) is 5.69 Å². The van der Waals surface area contributed by atoms with Crippen LogP contribution < -0.4 is 15.4 Å². The second-order valence-corrected chi connectivity index (χ2v) is 4.82. The van der Waals surface area contributed by atoms with E-state index >= 15 is 0 Å². The van der Waals surface area contributed by atoms with Crippen molar-refractivity contribution < 1.29 is 4.74 Å². The Morgan fingerprint density at radius 2 is 2.00 bits per heavy atom. The van der Waals surface area contributed by atoms with Gasteiger partial charge in [-0.15, -0.1) is 0 Å². The van der Waals surface area contributed by atoms with E-state index in [2.05, 4.69) is 36.6 Å². The summed E-state index contributed by atoms with van der Waals surface area (Å²) in [5.41, 5.74) is 3.55. The highest BCUT2D eigenvalue weighted by Gasteiger charge is 2.19. The van der Waals surface area contributed by atoms with Crippen LogP contribution in [0.25, 0.3) is 0 Å². The first-order valence-corrected chi connectivity index (χ1v) is 6.33. The highest BCUT2D eigenvalue weighted by atomic mass is 16.5. The summed E-state index contributed by atoms with van der Waals surface area (Å²) in [6.45, 7) is 6.15. The molecule has 0 spiro atoms. The molecule has 2 rings (SSSR count). The number of rotatable bonds is 6. The molecular formula is C14H22N2O. The van der Waals surface area contributed by atoms with Gasteiger partial charge in [0, 0.05) is 19.1 Å². The number of ether oxygens (including phenoxy) is 1.